The fourth-order valence-corrected chi connectivity index (χ4v) is 2.00. The molecule has 1 aliphatic rings. The highest BCUT2D eigenvalue weighted by Gasteiger charge is 2.13. The molecule has 94 valence electrons. The molecule has 1 heterocycles. The summed E-state index contributed by atoms with van der Waals surface area (Å²) in [6.07, 6.45) is 4.17. The maximum absolute atomic E-state index is 11.5. The molecule has 16 heavy (non-hydrogen) atoms. The molecule has 0 spiro atoms. The van der Waals surface area contributed by atoms with E-state index < -0.39 is 0 Å². The molecule has 4 heteroatoms. The zero-order chi connectivity index (χ0) is 11.6. The Labute approximate surface area is 98.1 Å². The molecule has 1 aliphatic heterocycles. The first-order chi connectivity index (χ1) is 7.83. The third kappa shape index (κ3) is 6.08. The van der Waals surface area contributed by atoms with Gasteiger partial charge in [0.2, 0.25) is 5.91 Å². The minimum Gasteiger partial charge on any atom is -0.380 e. The second kappa shape index (κ2) is 8.53. The van der Waals surface area contributed by atoms with Crippen molar-refractivity contribution in [1.82, 2.24) is 10.6 Å². The molecule has 1 atom stereocenters. The lowest BCUT2D eigenvalue weighted by atomic mass is 9.94. The fourth-order valence-electron chi connectivity index (χ4n) is 2.00. The van der Waals surface area contributed by atoms with Crippen LogP contribution in [0.15, 0.2) is 0 Å². The Hall–Kier alpha value is -0.610. The molecule has 1 rings (SSSR count). The molecule has 1 fully saturated rings. The van der Waals surface area contributed by atoms with Crippen molar-refractivity contribution in [2.45, 2.75) is 32.6 Å². The van der Waals surface area contributed by atoms with E-state index in [1.807, 2.05) is 6.92 Å². The standard InChI is InChI=1S/C12H24N2O2/c1-2-16-9-8-14-12(15)6-5-11-4-3-7-13-10-11/h11,13H,2-10H2,1H3,(H,14,15). The maximum Gasteiger partial charge on any atom is 0.220 e. The van der Waals surface area contributed by atoms with Gasteiger partial charge < -0.3 is 15.4 Å². The predicted molar refractivity (Wildman–Crippen MR) is 64.3 cm³/mol. The van der Waals surface area contributed by atoms with Gasteiger partial charge in [0, 0.05) is 19.6 Å². The van der Waals surface area contributed by atoms with Crippen LogP contribution in [0.3, 0.4) is 0 Å². The van der Waals surface area contributed by atoms with Gasteiger partial charge in [0.05, 0.1) is 6.61 Å². The van der Waals surface area contributed by atoms with Gasteiger partial charge in [-0.1, -0.05) is 0 Å². The van der Waals surface area contributed by atoms with E-state index in [9.17, 15) is 4.79 Å². The molecular weight excluding hydrogens is 204 g/mol. The van der Waals surface area contributed by atoms with Crippen molar-refractivity contribution in [3.05, 3.63) is 0 Å². The van der Waals surface area contributed by atoms with Crippen molar-refractivity contribution >= 4 is 5.91 Å². The smallest absolute Gasteiger partial charge is 0.220 e. The SMILES string of the molecule is CCOCCNC(=O)CCC1CCCNC1. The molecule has 4 nitrogen and oxygen atoms in total. The van der Waals surface area contributed by atoms with Gasteiger partial charge in [-0.3, -0.25) is 4.79 Å². The fraction of sp³-hybridized carbons (Fsp3) is 0.917. The van der Waals surface area contributed by atoms with Gasteiger partial charge in [-0.05, 0) is 45.2 Å². The summed E-state index contributed by atoms with van der Waals surface area (Å²) in [5.41, 5.74) is 0. The number of rotatable bonds is 7. The summed E-state index contributed by atoms with van der Waals surface area (Å²) in [6, 6.07) is 0. The number of carbonyl (C=O) groups is 1. The molecule has 0 aromatic heterocycles. The van der Waals surface area contributed by atoms with Crippen LogP contribution in [0.5, 0.6) is 0 Å². The lowest BCUT2D eigenvalue weighted by Gasteiger charge is -2.22. The van der Waals surface area contributed by atoms with E-state index >= 15 is 0 Å². The Morgan fingerprint density at radius 3 is 3.12 bits per heavy atom. The average molecular weight is 228 g/mol. The lowest BCUT2D eigenvalue weighted by molar-refractivity contribution is -0.121. The van der Waals surface area contributed by atoms with Crippen LogP contribution in [-0.2, 0) is 9.53 Å². The molecule has 0 aromatic rings. The van der Waals surface area contributed by atoms with E-state index in [0.29, 0.717) is 32.1 Å². The number of ether oxygens (including phenoxy) is 1. The molecule has 1 saturated heterocycles. The summed E-state index contributed by atoms with van der Waals surface area (Å²) in [6.45, 7) is 6.13. The van der Waals surface area contributed by atoms with Crippen LogP contribution in [0.1, 0.15) is 32.6 Å². The maximum atomic E-state index is 11.5. The first-order valence-electron chi connectivity index (χ1n) is 6.38. The lowest BCUT2D eigenvalue weighted by Crippen LogP contribution is -2.32. The van der Waals surface area contributed by atoms with Crippen LogP contribution >= 0.6 is 0 Å². The van der Waals surface area contributed by atoms with Crippen molar-refractivity contribution in [3.8, 4) is 0 Å². The monoisotopic (exact) mass is 228 g/mol. The quantitative estimate of drug-likeness (QED) is 0.637. The highest BCUT2D eigenvalue weighted by atomic mass is 16.5. The summed E-state index contributed by atoms with van der Waals surface area (Å²) in [7, 11) is 0. The van der Waals surface area contributed by atoms with E-state index in [4.69, 9.17) is 4.74 Å². The Morgan fingerprint density at radius 2 is 2.44 bits per heavy atom. The normalized spacial score (nSPS) is 20.7. The highest BCUT2D eigenvalue weighted by Crippen LogP contribution is 2.15. The summed E-state index contributed by atoms with van der Waals surface area (Å²) in [5.74, 6) is 0.844. The summed E-state index contributed by atoms with van der Waals surface area (Å²) in [5, 5.41) is 6.24. The van der Waals surface area contributed by atoms with E-state index in [1.54, 1.807) is 0 Å². The van der Waals surface area contributed by atoms with Gasteiger partial charge in [-0.15, -0.1) is 0 Å². The Morgan fingerprint density at radius 1 is 1.56 bits per heavy atom. The number of hydrogen-bond acceptors (Lipinski definition) is 3. The molecule has 1 unspecified atom stereocenters. The molecule has 1 amide bonds. The minimum atomic E-state index is 0.158. The summed E-state index contributed by atoms with van der Waals surface area (Å²) >= 11 is 0. The third-order valence-corrected chi connectivity index (χ3v) is 2.95. The average Bonchev–Trinajstić information content (AvgIpc) is 2.33. The summed E-state index contributed by atoms with van der Waals surface area (Å²) in [4.78, 5) is 11.5. The number of hydrogen-bond donors (Lipinski definition) is 2. The van der Waals surface area contributed by atoms with Crippen molar-refractivity contribution in [2.75, 3.05) is 32.8 Å². The first kappa shape index (κ1) is 13.5. The van der Waals surface area contributed by atoms with Crippen molar-refractivity contribution in [3.63, 3.8) is 0 Å². The van der Waals surface area contributed by atoms with E-state index in [-0.39, 0.29) is 5.91 Å². The van der Waals surface area contributed by atoms with Crippen LogP contribution in [-0.4, -0.2) is 38.8 Å². The number of amides is 1. The van der Waals surface area contributed by atoms with Crippen LogP contribution in [0.25, 0.3) is 0 Å². The van der Waals surface area contributed by atoms with Gasteiger partial charge in [0.25, 0.3) is 0 Å². The van der Waals surface area contributed by atoms with Crippen LogP contribution in [0.2, 0.25) is 0 Å². The van der Waals surface area contributed by atoms with Crippen molar-refractivity contribution < 1.29 is 9.53 Å². The van der Waals surface area contributed by atoms with Crippen molar-refractivity contribution in [2.24, 2.45) is 5.92 Å². The third-order valence-electron chi connectivity index (χ3n) is 2.95. The first-order valence-corrected chi connectivity index (χ1v) is 6.38. The van der Waals surface area contributed by atoms with Crippen LogP contribution in [0, 0.1) is 5.92 Å². The van der Waals surface area contributed by atoms with Gasteiger partial charge in [0.15, 0.2) is 0 Å². The number of piperidine rings is 1. The molecule has 0 saturated carbocycles. The van der Waals surface area contributed by atoms with Gasteiger partial charge in [0.1, 0.15) is 0 Å². The Bertz CT molecular complexity index is 191. The van der Waals surface area contributed by atoms with E-state index in [1.165, 1.54) is 12.8 Å². The van der Waals surface area contributed by atoms with E-state index in [2.05, 4.69) is 10.6 Å². The molecule has 0 bridgehead atoms. The van der Waals surface area contributed by atoms with E-state index in [0.717, 1.165) is 19.5 Å². The second-order valence-electron chi connectivity index (χ2n) is 4.30. The Balaban J connectivity index is 1.96. The largest absolute Gasteiger partial charge is 0.380 e. The second-order valence-corrected chi connectivity index (χ2v) is 4.30. The minimum absolute atomic E-state index is 0.158. The molecule has 0 radical (unpaired) electrons. The van der Waals surface area contributed by atoms with Crippen LogP contribution < -0.4 is 10.6 Å². The molecule has 2 N–H and O–H groups in total. The zero-order valence-corrected chi connectivity index (χ0v) is 10.3. The Kier molecular flexibility index (Phi) is 7.17. The van der Waals surface area contributed by atoms with Crippen LogP contribution in [0.4, 0.5) is 0 Å². The van der Waals surface area contributed by atoms with Gasteiger partial charge in [-0.25, -0.2) is 0 Å². The number of carbonyl (C=O) groups excluding carboxylic acids is 1. The molecular formula is C12H24N2O2. The highest BCUT2D eigenvalue weighted by molar-refractivity contribution is 5.75. The molecule has 0 aliphatic carbocycles. The van der Waals surface area contributed by atoms with Crippen molar-refractivity contribution in [1.29, 1.82) is 0 Å². The zero-order valence-electron chi connectivity index (χ0n) is 10.3. The van der Waals surface area contributed by atoms with Gasteiger partial charge in [-0.2, -0.15) is 0 Å². The topological polar surface area (TPSA) is 50.4 Å². The summed E-state index contributed by atoms with van der Waals surface area (Å²) < 4.78 is 5.15. The predicted octanol–water partition coefficient (Wildman–Crippen LogP) is 0.919. The molecule has 0 aromatic carbocycles. The van der Waals surface area contributed by atoms with Gasteiger partial charge >= 0.3 is 0 Å². The number of nitrogens with one attached hydrogen (secondary N) is 2.